The SMILES string of the molecule is C/C(N)=C/C=C(\N)c1ccn(-c2ccc3c4c(n(C)c3c2)C2CCN(CC2)C4)c(=O)c1. The van der Waals surface area contributed by atoms with Crippen LogP contribution in [0.1, 0.15) is 42.5 Å². The Morgan fingerprint density at radius 3 is 2.58 bits per heavy atom. The lowest BCUT2D eigenvalue weighted by molar-refractivity contribution is 0.220. The van der Waals surface area contributed by atoms with E-state index < -0.39 is 0 Å². The summed E-state index contributed by atoms with van der Waals surface area (Å²) in [7, 11) is 2.17. The fourth-order valence-corrected chi connectivity index (χ4v) is 5.14. The van der Waals surface area contributed by atoms with Crippen LogP contribution in [0.2, 0.25) is 0 Å². The Morgan fingerprint density at radius 2 is 1.87 bits per heavy atom. The van der Waals surface area contributed by atoms with Gasteiger partial charge in [-0.1, -0.05) is 6.07 Å². The molecule has 4 N–H and O–H groups in total. The summed E-state index contributed by atoms with van der Waals surface area (Å²) in [4.78, 5) is 15.4. The molecule has 31 heavy (non-hydrogen) atoms. The molecule has 3 aliphatic rings. The molecule has 3 aromatic rings. The average molecular weight is 416 g/mol. The molecular weight excluding hydrogens is 386 g/mol. The Balaban J connectivity index is 1.56. The maximum atomic E-state index is 12.9. The summed E-state index contributed by atoms with van der Waals surface area (Å²) >= 11 is 0. The number of nitrogens with two attached hydrogens (primary N) is 2. The van der Waals surface area contributed by atoms with Crippen LogP contribution in [0.15, 0.2) is 59.2 Å². The number of nitrogens with zero attached hydrogens (tertiary/aromatic N) is 3. The van der Waals surface area contributed by atoms with Crippen LogP contribution in [0.5, 0.6) is 0 Å². The molecule has 0 aliphatic carbocycles. The van der Waals surface area contributed by atoms with Crippen molar-refractivity contribution in [3.63, 3.8) is 0 Å². The van der Waals surface area contributed by atoms with Crippen molar-refractivity contribution in [2.45, 2.75) is 32.2 Å². The number of rotatable bonds is 3. The lowest BCUT2D eigenvalue weighted by Crippen LogP contribution is -2.29. The number of benzene rings is 1. The molecule has 0 atom stereocenters. The zero-order valence-corrected chi connectivity index (χ0v) is 18.1. The van der Waals surface area contributed by atoms with Crippen LogP contribution >= 0.6 is 0 Å². The van der Waals surface area contributed by atoms with Gasteiger partial charge in [-0.25, -0.2) is 0 Å². The second-order valence-corrected chi connectivity index (χ2v) is 8.83. The Morgan fingerprint density at radius 1 is 1.10 bits per heavy atom. The third-order valence-electron chi connectivity index (χ3n) is 6.75. The highest BCUT2D eigenvalue weighted by Gasteiger charge is 2.31. The summed E-state index contributed by atoms with van der Waals surface area (Å²) < 4.78 is 4.03. The summed E-state index contributed by atoms with van der Waals surface area (Å²) in [5.41, 5.74) is 18.5. The molecule has 0 radical (unpaired) electrons. The van der Waals surface area contributed by atoms with Crippen molar-refractivity contribution in [3.8, 4) is 5.69 Å². The predicted octanol–water partition coefficient (Wildman–Crippen LogP) is 3.18. The van der Waals surface area contributed by atoms with Gasteiger partial charge in [0.25, 0.3) is 5.56 Å². The molecule has 6 nitrogen and oxygen atoms in total. The van der Waals surface area contributed by atoms with Crippen LogP contribution in [-0.4, -0.2) is 27.1 Å². The highest BCUT2D eigenvalue weighted by Crippen LogP contribution is 2.40. The van der Waals surface area contributed by atoms with Crippen molar-refractivity contribution in [2.24, 2.45) is 18.5 Å². The molecule has 6 rings (SSSR count). The fraction of sp³-hybridized carbons (Fsp3) is 0.320. The molecule has 3 aliphatic heterocycles. The van der Waals surface area contributed by atoms with Crippen LogP contribution in [0.4, 0.5) is 0 Å². The van der Waals surface area contributed by atoms with Crippen molar-refractivity contribution >= 4 is 16.6 Å². The number of hydrogen-bond acceptors (Lipinski definition) is 4. The number of fused-ring (bicyclic) bond motifs is 3. The smallest absolute Gasteiger partial charge is 0.255 e. The lowest BCUT2D eigenvalue weighted by Gasteiger charge is -2.27. The molecule has 1 saturated heterocycles. The number of allylic oxidation sites excluding steroid dienone is 3. The number of piperidine rings is 1. The number of aromatic nitrogens is 2. The van der Waals surface area contributed by atoms with E-state index in [2.05, 4.69) is 28.6 Å². The quantitative estimate of drug-likeness (QED) is 0.644. The summed E-state index contributed by atoms with van der Waals surface area (Å²) in [5, 5.41) is 1.31. The van der Waals surface area contributed by atoms with Gasteiger partial charge >= 0.3 is 0 Å². The molecule has 160 valence electrons. The highest BCUT2D eigenvalue weighted by atomic mass is 16.1. The fourth-order valence-electron chi connectivity index (χ4n) is 5.14. The average Bonchev–Trinajstić information content (AvgIpc) is 2.91. The predicted molar refractivity (Wildman–Crippen MR) is 126 cm³/mol. The van der Waals surface area contributed by atoms with E-state index in [0.29, 0.717) is 22.9 Å². The molecule has 1 fully saturated rings. The molecule has 0 spiro atoms. The van der Waals surface area contributed by atoms with Gasteiger partial charge in [0, 0.05) is 59.8 Å². The molecule has 6 heteroatoms. The first-order chi connectivity index (χ1) is 14.9. The number of pyridine rings is 1. The van der Waals surface area contributed by atoms with Gasteiger partial charge in [-0.2, -0.15) is 0 Å². The molecule has 2 aromatic heterocycles. The minimum Gasteiger partial charge on any atom is -0.402 e. The molecule has 0 saturated carbocycles. The largest absolute Gasteiger partial charge is 0.402 e. The first-order valence-corrected chi connectivity index (χ1v) is 10.9. The van der Waals surface area contributed by atoms with Crippen LogP contribution in [0.25, 0.3) is 22.3 Å². The summed E-state index contributed by atoms with van der Waals surface area (Å²) in [6.07, 6.45) is 7.72. The van der Waals surface area contributed by atoms with Gasteiger partial charge in [0.2, 0.25) is 0 Å². The van der Waals surface area contributed by atoms with Gasteiger partial charge in [-0.15, -0.1) is 0 Å². The Kier molecular flexibility index (Phi) is 4.74. The van der Waals surface area contributed by atoms with E-state index in [1.807, 2.05) is 12.1 Å². The van der Waals surface area contributed by atoms with E-state index >= 15 is 0 Å². The molecule has 2 bridgehead atoms. The van der Waals surface area contributed by atoms with E-state index in [4.69, 9.17) is 11.5 Å². The molecule has 0 unspecified atom stereocenters. The first-order valence-electron chi connectivity index (χ1n) is 10.9. The van der Waals surface area contributed by atoms with Crippen LogP contribution in [-0.2, 0) is 13.6 Å². The highest BCUT2D eigenvalue weighted by molar-refractivity contribution is 5.87. The van der Waals surface area contributed by atoms with Crippen molar-refractivity contribution in [1.29, 1.82) is 0 Å². The Hall–Kier alpha value is -3.25. The van der Waals surface area contributed by atoms with E-state index in [1.165, 1.54) is 48.1 Å². The number of hydrogen-bond donors (Lipinski definition) is 2. The molecule has 1 aromatic carbocycles. The maximum Gasteiger partial charge on any atom is 0.255 e. The standard InChI is InChI=1S/C25H29N5O/c1-16(26)3-6-22(27)18-9-12-30(24(31)13-18)19-4-5-20-21-15-29-10-7-17(8-11-29)25(21)28(2)23(20)14-19/h3-6,9,12-14,17H,7-8,10-11,15,26-27H2,1-2H3/b16-3-,22-6-. The van der Waals surface area contributed by atoms with Gasteiger partial charge in [0.1, 0.15) is 0 Å². The van der Waals surface area contributed by atoms with Crippen molar-refractivity contribution in [3.05, 3.63) is 81.6 Å². The number of aryl methyl sites for hydroxylation is 1. The second kappa shape index (κ2) is 7.46. The van der Waals surface area contributed by atoms with Gasteiger partial charge in [-0.3, -0.25) is 14.3 Å². The van der Waals surface area contributed by atoms with E-state index in [1.54, 1.807) is 35.9 Å². The zero-order chi connectivity index (χ0) is 21.7. The topological polar surface area (TPSA) is 82.2 Å². The van der Waals surface area contributed by atoms with Crippen LogP contribution in [0.3, 0.4) is 0 Å². The van der Waals surface area contributed by atoms with Gasteiger partial charge < -0.3 is 16.0 Å². The van der Waals surface area contributed by atoms with E-state index in [-0.39, 0.29) is 5.56 Å². The monoisotopic (exact) mass is 415 g/mol. The van der Waals surface area contributed by atoms with Gasteiger partial charge in [-0.05, 0) is 68.8 Å². The second-order valence-electron chi connectivity index (χ2n) is 8.83. The van der Waals surface area contributed by atoms with E-state index in [9.17, 15) is 4.79 Å². The van der Waals surface area contributed by atoms with Crippen molar-refractivity contribution in [1.82, 2.24) is 14.0 Å². The minimum absolute atomic E-state index is 0.109. The molecule has 0 amide bonds. The van der Waals surface area contributed by atoms with Crippen LogP contribution < -0.4 is 17.0 Å². The van der Waals surface area contributed by atoms with E-state index in [0.717, 1.165) is 12.2 Å². The first kappa shape index (κ1) is 19.7. The lowest BCUT2D eigenvalue weighted by atomic mass is 9.94. The van der Waals surface area contributed by atoms with Gasteiger partial charge in [0.15, 0.2) is 0 Å². The third-order valence-corrected chi connectivity index (χ3v) is 6.75. The molecular formula is C25H29N5O. The van der Waals surface area contributed by atoms with Crippen molar-refractivity contribution in [2.75, 3.05) is 13.1 Å². The minimum atomic E-state index is -0.109. The van der Waals surface area contributed by atoms with Gasteiger partial charge in [0.05, 0.1) is 11.2 Å². The van der Waals surface area contributed by atoms with Crippen molar-refractivity contribution < 1.29 is 0 Å². The maximum absolute atomic E-state index is 12.9. The summed E-state index contributed by atoms with van der Waals surface area (Å²) in [5.74, 6) is 0.637. The Bertz CT molecular complexity index is 1280. The Labute approximate surface area is 182 Å². The third kappa shape index (κ3) is 3.37. The summed E-state index contributed by atoms with van der Waals surface area (Å²) in [6.45, 7) is 5.21. The molecule has 5 heterocycles. The van der Waals surface area contributed by atoms with Crippen LogP contribution in [0, 0.1) is 0 Å². The normalized spacial score (nSPS) is 21.4. The summed E-state index contributed by atoms with van der Waals surface area (Å²) in [6, 6.07) is 9.80. The zero-order valence-electron chi connectivity index (χ0n) is 18.1.